The summed E-state index contributed by atoms with van der Waals surface area (Å²) in [6.45, 7) is 1.42. The van der Waals surface area contributed by atoms with Gasteiger partial charge in [-0.3, -0.25) is 9.59 Å². The monoisotopic (exact) mass is 328 g/mol. The van der Waals surface area contributed by atoms with Crippen molar-refractivity contribution in [2.24, 2.45) is 0 Å². The van der Waals surface area contributed by atoms with E-state index in [-0.39, 0.29) is 23.7 Å². The van der Waals surface area contributed by atoms with E-state index in [1.165, 1.54) is 6.26 Å². The fourth-order valence-electron chi connectivity index (χ4n) is 2.63. The molecule has 2 aromatic rings. The smallest absolute Gasteiger partial charge is 0.291 e. The van der Waals surface area contributed by atoms with Gasteiger partial charge in [0, 0.05) is 24.4 Å². The molecule has 6 heteroatoms. The van der Waals surface area contributed by atoms with Crippen LogP contribution in [0.25, 0.3) is 0 Å². The first kappa shape index (κ1) is 16.3. The number of rotatable bonds is 6. The Hall–Kier alpha value is -2.60. The van der Waals surface area contributed by atoms with Gasteiger partial charge in [-0.05, 0) is 55.7 Å². The van der Waals surface area contributed by atoms with E-state index in [2.05, 4.69) is 10.6 Å². The molecule has 0 spiro atoms. The van der Waals surface area contributed by atoms with Gasteiger partial charge in [-0.25, -0.2) is 0 Å². The summed E-state index contributed by atoms with van der Waals surface area (Å²) in [6, 6.07) is 9.98. The van der Waals surface area contributed by atoms with Gasteiger partial charge in [0.25, 0.3) is 11.8 Å². The molecule has 0 bridgehead atoms. The first-order valence-electron chi connectivity index (χ1n) is 8.07. The molecule has 24 heavy (non-hydrogen) atoms. The van der Waals surface area contributed by atoms with Gasteiger partial charge in [0.1, 0.15) is 0 Å². The SMILES string of the molecule is O=C(NCC[C@H]1CCCO1)c1ccc(NC(=O)c2ccco2)cc1. The van der Waals surface area contributed by atoms with Crippen molar-refractivity contribution in [1.82, 2.24) is 5.32 Å². The van der Waals surface area contributed by atoms with Crippen LogP contribution >= 0.6 is 0 Å². The van der Waals surface area contributed by atoms with Crippen molar-refractivity contribution in [3.05, 3.63) is 54.0 Å². The van der Waals surface area contributed by atoms with Crippen molar-refractivity contribution < 1.29 is 18.7 Å². The molecular weight excluding hydrogens is 308 g/mol. The summed E-state index contributed by atoms with van der Waals surface area (Å²) >= 11 is 0. The van der Waals surface area contributed by atoms with Crippen molar-refractivity contribution in [2.75, 3.05) is 18.5 Å². The van der Waals surface area contributed by atoms with Crippen LogP contribution in [0.4, 0.5) is 5.69 Å². The van der Waals surface area contributed by atoms with Gasteiger partial charge in [0.2, 0.25) is 0 Å². The number of anilines is 1. The molecule has 3 rings (SSSR count). The predicted molar refractivity (Wildman–Crippen MR) is 89.0 cm³/mol. The van der Waals surface area contributed by atoms with Crippen LogP contribution < -0.4 is 10.6 Å². The highest BCUT2D eigenvalue weighted by Crippen LogP contribution is 2.15. The lowest BCUT2D eigenvalue weighted by Crippen LogP contribution is -2.27. The molecule has 0 aliphatic carbocycles. The van der Waals surface area contributed by atoms with Crippen LogP contribution in [-0.4, -0.2) is 31.1 Å². The first-order chi connectivity index (χ1) is 11.7. The van der Waals surface area contributed by atoms with Crippen LogP contribution in [0.2, 0.25) is 0 Å². The van der Waals surface area contributed by atoms with E-state index in [0.29, 0.717) is 17.8 Å². The van der Waals surface area contributed by atoms with E-state index < -0.39 is 0 Å². The summed E-state index contributed by atoms with van der Waals surface area (Å²) in [5, 5.41) is 5.60. The lowest BCUT2D eigenvalue weighted by atomic mass is 10.1. The third-order valence-corrected chi connectivity index (χ3v) is 3.93. The Labute approximate surface area is 140 Å². The second kappa shape index (κ2) is 7.79. The molecule has 2 N–H and O–H groups in total. The number of hydrogen-bond donors (Lipinski definition) is 2. The van der Waals surface area contributed by atoms with E-state index >= 15 is 0 Å². The van der Waals surface area contributed by atoms with Crippen LogP contribution in [0.5, 0.6) is 0 Å². The predicted octanol–water partition coefficient (Wildman–Crippen LogP) is 2.83. The highest BCUT2D eigenvalue weighted by Gasteiger charge is 2.15. The van der Waals surface area contributed by atoms with Gasteiger partial charge < -0.3 is 19.8 Å². The maximum atomic E-state index is 12.1. The maximum Gasteiger partial charge on any atom is 0.291 e. The topological polar surface area (TPSA) is 80.6 Å². The Balaban J connectivity index is 1.48. The third-order valence-electron chi connectivity index (χ3n) is 3.93. The second-order valence-electron chi connectivity index (χ2n) is 5.69. The molecule has 2 heterocycles. The zero-order chi connectivity index (χ0) is 16.8. The molecule has 6 nitrogen and oxygen atoms in total. The van der Waals surface area contributed by atoms with E-state index in [1.54, 1.807) is 36.4 Å². The Morgan fingerprint density at radius 1 is 1.12 bits per heavy atom. The molecule has 2 amide bonds. The maximum absolute atomic E-state index is 12.1. The standard InChI is InChI=1S/C18H20N2O4/c21-17(19-10-9-15-3-1-11-23-15)13-5-7-14(8-6-13)20-18(22)16-4-2-12-24-16/h2,4-8,12,15H,1,3,9-11H2,(H,19,21)(H,20,22)/t15-/m1/s1. The highest BCUT2D eigenvalue weighted by atomic mass is 16.5. The number of carbonyl (C=O) groups is 2. The molecular formula is C18H20N2O4. The minimum atomic E-state index is -0.325. The average molecular weight is 328 g/mol. The quantitative estimate of drug-likeness (QED) is 0.854. The van der Waals surface area contributed by atoms with Crippen LogP contribution in [0.15, 0.2) is 47.1 Å². The number of amides is 2. The first-order valence-corrected chi connectivity index (χ1v) is 8.07. The van der Waals surface area contributed by atoms with Crippen molar-refractivity contribution in [3.63, 3.8) is 0 Å². The molecule has 1 atom stereocenters. The van der Waals surface area contributed by atoms with Crippen LogP contribution in [0.1, 0.15) is 40.2 Å². The zero-order valence-electron chi connectivity index (χ0n) is 13.3. The molecule has 0 saturated carbocycles. The van der Waals surface area contributed by atoms with Gasteiger partial charge in [0.15, 0.2) is 5.76 Å². The van der Waals surface area contributed by atoms with E-state index in [4.69, 9.17) is 9.15 Å². The van der Waals surface area contributed by atoms with Gasteiger partial charge in [-0.15, -0.1) is 0 Å². The van der Waals surface area contributed by atoms with Crippen molar-refractivity contribution in [1.29, 1.82) is 0 Å². The minimum Gasteiger partial charge on any atom is -0.459 e. The summed E-state index contributed by atoms with van der Waals surface area (Å²) in [4.78, 5) is 23.9. The minimum absolute atomic E-state index is 0.128. The molecule has 0 radical (unpaired) electrons. The molecule has 1 aliphatic rings. The fraction of sp³-hybridized carbons (Fsp3) is 0.333. The number of nitrogens with one attached hydrogen (secondary N) is 2. The fourth-order valence-corrected chi connectivity index (χ4v) is 2.63. The van der Waals surface area contributed by atoms with Gasteiger partial charge in [0.05, 0.1) is 12.4 Å². The lowest BCUT2D eigenvalue weighted by molar-refractivity contribution is 0.0906. The number of ether oxygens (including phenoxy) is 1. The van der Waals surface area contributed by atoms with Crippen LogP contribution in [0, 0.1) is 0 Å². The van der Waals surface area contributed by atoms with Gasteiger partial charge >= 0.3 is 0 Å². The molecule has 1 aromatic carbocycles. The Kier molecular flexibility index (Phi) is 5.28. The second-order valence-corrected chi connectivity index (χ2v) is 5.69. The third kappa shape index (κ3) is 4.23. The largest absolute Gasteiger partial charge is 0.459 e. The Morgan fingerprint density at radius 3 is 2.62 bits per heavy atom. The summed E-state index contributed by atoms with van der Waals surface area (Å²) in [5.74, 6) is -0.211. The number of furan rings is 1. The Morgan fingerprint density at radius 2 is 1.96 bits per heavy atom. The molecule has 1 aromatic heterocycles. The Bertz CT molecular complexity index is 674. The lowest BCUT2D eigenvalue weighted by Gasteiger charge is -2.10. The normalized spacial score (nSPS) is 16.8. The highest BCUT2D eigenvalue weighted by molar-refractivity contribution is 6.02. The van der Waals surface area contributed by atoms with Gasteiger partial charge in [-0.2, -0.15) is 0 Å². The van der Waals surface area contributed by atoms with E-state index in [9.17, 15) is 9.59 Å². The van der Waals surface area contributed by atoms with Crippen LogP contribution in [-0.2, 0) is 4.74 Å². The summed E-state index contributed by atoms with van der Waals surface area (Å²) < 4.78 is 10.6. The number of hydrogen-bond acceptors (Lipinski definition) is 4. The molecule has 1 fully saturated rings. The molecule has 126 valence electrons. The van der Waals surface area contributed by atoms with Crippen LogP contribution in [0.3, 0.4) is 0 Å². The summed E-state index contributed by atoms with van der Waals surface area (Å²) in [6.07, 6.45) is 4.72. The van der Waals surface area contributed by atoms with E-state index in [0.717, 1.165) is 25.9 Å². The molecule has 1 aliphatic heterocycles. The number of carbonyl (C=O) groups excluding carboxylic acids is 2. The summed E-state index contributed by atoms with van der Waals surface area (Å²) in [7, 11) is 0. The molecule has 1 saturated heterocycles. The van der Waals surface area contributed by atoms with Crippen molar-refractivity contribution >= 4 is 17.5 Å². The van der Waals surface area contributed by atoms with Gasteiger partial charge in [-0.1, -0.05) is 0 Å². The number of benzene rings is 1. The van der Waals surface area contributed by atoms with Crippen molar-refractivity contribution in [3.8, 4) is 0 Å². The van der Waals surface area contributed by atoms with E-state index in [1.807, 2.05) is 0 Å². The average Bonchev–Trinajstić information content (AvgIpc) is 3.29. The zero-order valence-corrected chi connectivity index (χ0v) is 13.3. The molecule has 0 unspecified atom stereocenters. The summed E-state index contributed by atoms with van der Waals surface area (Å²) in [5.41, 5.74) is 1.16. The van der Waals surface area contributed by atoms with Crippen molar-refractivity contribution in [2.45, 2.75) is 25.4 Å².